The minimum atomic E-state index is -1.55. The molecule has 0 bridgehead atoms. The topological polar surface area (TPSA) is 83.8 Å². The van der Waals surface area contributed by atoms with E-state index in [4.69, 9.17) is 27.9 Å². The smallest absolute Gasteiger partial charge is 0.342 e. The standard InChI is InChI=1S/C29H36Cl2O5/c1-4-6-8-9-11-19(21-13-10-16-29(30,31)25(21)27(33)34)14-15-22-20(12-7-5-2)18(3)23-17-36-28(35)24(23)26(22)32/h10,13-14,16,25,32H,4-9,11-12,15,17H2,1-3H3,(H,33,34). The van der Waals surface area contributed by atoms with Crippen molar-refractivity contribution in [2.24, 2.45) is 5.92 Å². The van der Waals surface area contributed by atoms with E-state index in [0.29, 0.717) is 24.0 Å². The number of carbonyl (C=O) groups is 2. The SMILES string of the molecule is CCCCCCC(=CCc1c(O)c2c(c(C)c1CCCC)COC2=O)C1=CC=CC(Cl)(Cl)C1C(=O)O. The number of allylic oxidation sites excluding steroid dienone is 5. The molecule has 0 saturated heterocycles. The molecule has 0 saturated carbocycles. The van der Waals surface area contributed by atoms with Crippen molar-refractivity contribution in [1.29, 1.82) is 0 Å². The predicted octanol–water partition coefficient (Wildman–Crippen LogP) is 7.52. The van der Waals surface area contributed by atoms with Gasteiger partial charge in [-0.3, -0.25) is 4.79 Å². The number of rotatable bonds is 12. The summed E-state index contributed by atoms with van der Waals surface area (Å²) in [6.07, 6.45) is 14.8. The molecule has 0 amide bonds. The monoisotopic (exact) mass is 534 g/mol. The second kappa shape index (κ2) is 12.3. The van der Waals surface area contributed by atoms with Gasteiger partial charge in [0.25, 0.3) is 0 Å². The molecule has 0 aromatic heterocycles. The zero-order chi connectivity index (χ0) is 26.5. The number of phenols is 1. The van der Waals surface area contributed by atoms with Crippen LogP contribution in [0.1, 0.15) is 91.4 Å². The molecule has 2 aliphatic rings. The van der Waals surface area contributed by atoms with Gasteiger partial charge in [0, 0.05) is 11.1 Å². The lowest BCUT2D eigenvalue weighted by atomic mass is 9.82. The first kappa shape index (κ1) is 28.3. The molecule has 1 heterocycles. The van der Waals surface area contributed by atoms with Crippen LogP contribution in [0.25, 0.3) is 0 Å². The van der Waals surface area contributed by atoms with Gasteiger partial charge in [0.1, 0.15) is 23.8 Å². The van der Waals surface area contributed by atoms with Gasteiger partial charge in [0.15, 0.2) is 4.33 Å². The summed E-state index contributed by atoms with van der Waals surface area (Å²) < 4.78 is 3.68. The first-order valence-electron chi connectivity index (χ1n) is 12.9. The van der Waals surface area contributed by atoms with Crippen molar-refractivity contribution in [2.75, 3.05) is 0 Å². The summed E-state index contributed by atoms with van der Waals surface area (Å²) in [5, 5.41) is 21.2. The molecule has 36 heavy (non-hydrogen) atoms. The Hall–Kier alpha value is -2.24. The average molecular weight is 536 g/mol. The summed E-state index contributed by atoms with van der Waals surface area (Å²) in [4.78, 5) is 24.6. The van der Waals surface area contributed by atoms with Crippen LogP contribution in [-0.4, -0.2) is 26.5 Å². The van der Waals surface area contributed by atoms with Gasteiger partial charge in [-0.05, 0) is 67.4 Å². The number of aliphatic carboxylic acids is 1. The van der Waals surface area contributed by atoms with E-state index in [1.54, 1.807) is 12.2 Å². The van der Waals surface area contributed by atoms with E-state index in [9.17, 15) is 19.8 Å². The zero-order valence-electron chi connectivity index (χ0n) is 21.3. The summed E-state index contributed by atoms with van der Waals surface area (Å²) in [6, 6.07) is 0. The Bertz CT molecular complexity index is 1100. The number of hydrogen-bond acceptors (Lipinski definition) is 4. The molecule has 1 unspecified atom stereocenters. The molecule has 3 rings (SSSR count). The number of carboxylic acid groups (broad SMARTS) is 1. The van der Waals surface area contributed by atoms with Gasteiger partial charge in [0.05, 0.1) is 0 Å². The van der Waals surface area contributed by atoms with Crippen LogP contribution in [-0.2, 0) is 29.0 Å². The Morgan fingerprint density at radius 3 is 2.56 bits per heavy atom. The number of ether oxygens (including phenoxy) is 1. The third kappa shape index (κ3) is 6.00. The lowest BCUT2D eigenvalue weighted by Gasteiger charge is -2.30. The minimum absolute atomic E-state index is 0.0258. The molecule has 0 radical (unpaired) electrons. The minimum Gasteiger partial charge on any atom is -0.507 e. The van der Waals surface area contributed by atoms with Gasteiger partial charge in [0.2, 0.25) is 0 Å². The van der Waals surface area contributed by atoms with Crippen LogP contribution in [0, 0.1) is 12.8 Å². The fraction of sp³-hybridized carbons (Fsp3) is 0.517. The van der Waals surface area contributed by atoms with E-state index in [1.165, 1.54) is 6.08 Å². The number of fused-ring (bicyclic) bond motifs is 1. The Morgan fingerprint density at radius 2 is 1.89 bits per heavy atom. The van der Waals surface area contributed by atoms with E-state index < -0.39 is 22.2 Å². The maximum absolute atomic E-state index is 12.4. The van der Waals surface area contributed by atoms with Crippen molar-refractivity contribution in [3.05, 3.63) is 63.3 Å². The largest absolute Gasteiger partial charge is 0.507 e. The molecular formula is C29H36Cl2O5. The lowest BCUT2D eigenvalue weighted by Crippen LogP contribution is -2.34. The Kier molecular flexibility index (Phi) is 9.71. The molecule has 0 fully saturated rings. The molecule has 5 nitrogen and oxygen atoms in total. The summed E-state index contributed by atoms with van der Waals surface area (Å²) in [5.74, 6) is -2.72. The number of esters is 1. The zero-order valence-corrected chi connectivity index (χ0v) is 22.8. The summed E-state index contributed by atoms with van der Waals surface area (Å²) in [5.41, 5.74) is 5.17. The lowest BCUT2D eigenvalue weighted by molar-refractivity contribution is -0.140. The van der Waals surface area contributed by atoms with Crippen molar-refractivity contribution in [2.45, 2.75) is 89.5 Å². The normalized spacial score (nSPS) is 18.7. The number of benzene rings is 1. The number of carbonyl (C=O) groups excluding carboxylic acids is 1. The van der Waals surface area contributed by atoms with Crippen molar-refractivity contribution >= 4 is 35.1 Å². The van der Waals surface area contributed by atoms with Crippen LogP contribution in [0.3, 0.4) is 0 Å². The number of carboxylic acids is 1. The van der Waals surface area contributed by atoms with E-state index in [1.807, 2.05) is 13.0 Å². The molecule has 196 valence electrons. The Morgan fingerprint density at radius 1 is 1.17 bits per heavy atom. The number of unbranched alkanes of at least 4 members (excludes halogenated alkanes) is 4. The molecule has 1 aromatic carbocycles. The van der Waals surface area contributed by atoms with Crippen LogP contribution in [0.4, 0.5) is 0 Å². The van der Waals surface area contributed by atoms with Crippen LogP contribution in [0.5, 0.6) is 5.75 Å². The first-order valence-corrected chi connectivity index (χ1v) is 13.6. The number of cyclic esters (lactones) is 1. The molecule has 0 spiro atoms. The molecule has 1 aliphatic heterocycles. The highest BCUT2D eigenvalue weighted by molar-refractivity contribution is 6.51. The molecular weight excluding hydrogens is 499 g/mol. The summed E-state index contributed by atoms with van der Waals surface area (Å²) in [6.45, 7) is 6.42. The van der Waals surface area contributed by atoms with E-state index in [0.717, 1.165) is 67.2 Å². The number of halogens is 2. The Balaban J connectivity index is 2.07. The van der Waals surface area contributed by atoms with E-state index >= 15 is 0 Å². The molecule has 1 aliphatic carbocycles. The highest BCUT2D eigenvalue weighted by Crippen LogP contribution is 2.44. The fourth-order valence-corrected chi connectivity index (χ4v) is 5.72. The first-order chi connectivity index (χ1) is 17.1. The van der Waals surface area contributed by atoms with Gasteiger partial charge in [-0.2, -0.15) is 0 Å². The van der Waals surface area contributed by atoms with E-state index in [2.05, 4.69) is 13.8 Å². The highest BCUT2D eigenvalue weighted by atomic mass is 35.5. The molecule has 1 atom stereocenters. The summed E-state index contributed by atoms with van der Waals surface area (Å²) >= 11 is 12.8. The summed E-state index contributed by atoms with van der Waals surface area (Å²) in [7, 11) is 0. The van der Waals surface area contributed by atoms with Crippen LogP contribution < -0.4 is 0 Å². The van der Waals surface area contributed by atoms with Crippen LogP contribution >= 0.6 is 23.2 Å². The predicted molar refractivity (Wildman–Crippen MR) is 144 cm³/mol. The van der Waals surface area contributed by atoms with Crippen molar-refractivity contribution in [1.82, 2.24) is 0 Å². The third-order valence-electron chi connectivity index (χ3n) is 7.19. The second-order valence-corrected chi connectivity index (χ2v) is 11.1. The maximum Gasteiger partial charge on any atom is 0.342 e. The quantitative estimate of drug-likeness (QED) is 0.164. The molecule has 2 N–H and O–H groups in total. The fourth-order valence-electron chi connectivity index (χ4n) is 5.16. The van der Waals surface area contributed by atoms with Gasteiger partial charge in [-0.1, -0.05) is 81.0 Å². The molecule has 7 heteroatoms. The van der Waals surface area contributed by atoms with Crippen LogP contribution in [0.2, 0.25) is 0 Å². The Labute approximate surface area is 223 Å². The van der Waals surface area contributed by atoms with Gasteiger partial charge in [-0.25, -0.2) is 4.79 Å². The maximum atomic E-state index is 12.4. The van der Waals surface area contributed by atoms with Crippen molar-refractivity contribution < 1.29 is 24.5 Å². The highest BCUT2D eigenvalue weighted by Gasteiger charge is 2.43. The number of hydrogen-bond donors (Lipinski definition) is 2. The third-order valence-corrected chi connectivity index (χ3v) is 7.87. The van der Waals surface area contributed by atoms with Crippen molar-refractivity contribution in [3.8, 4) is 5.75 Å². The van der Waals surface area contributed by atoms with Gasteiger partial charge in [-0.15, -0.1) is 0 Å². The van der Waals surface area contributed by atoms with Crippen molar-refractivity contribution in [3.63, 3.8) is 0 Å². The van der Waals surface area contributed by atoms with Gasteiger partial charge < -0.3 is 14.9 Å². The number of alkyl halides is 2. The van der Waals surface area contributed by atoms with E-state index in [-0.39, 0.29) is 17.9 Å². The van der Waals surface area contributed by atoms with Crippen LogP contribution in [0.15, 0.2) is 35.5 Å². The van der Waals surface area contributed by atoms with Gasteiger partial charge >= 0.3 is 11.9 Å². The number of aromatic hydroxyl groups is 1. The number of phenolic OH excluding ortho intramolecular Hbond substituents is 1. The molecule has 1 aromatic rings. The second-order valence-electron chi connectivity index (χ2n) is 9.64. The average Bonchev–Trinajstić information content (AvgIpc) is 3.21.